The van der Waals surface area contributed by atoms with Gasteiger partial charge in [-0.05, 0) is 18.2 Å². The molecule has 20 heavy (non-hydrogen) atoms. The van der Waals surface area contributed by atoms with E-state index in [2.05, 4.69) is 5.16 Å². The number of benzene rings is 1. The van der Waals surface area contributed by atoms with Crippen LogP contribution in [-0.4, -0.2) is 51.6 Å². The van der Waals surface area contributed by atoms with Crippen molar-refractivity contribution >= 4 is 11.5 Å². The molecule has 112 valence electrons. The van der Waals surface area contributed by atoms with Gasteiger partial charge in [0.05, 0.1) is 18.9 Å². The first-order chi connectivity index (χ1) is 9.63. The number of nitrogens with two attached hydrogens (primary N) is 1. The monoisotopic (exact) mass is 285 g/mol. The average molecular weight is 285 g/mol. The second-order valence-electron chi connectivity index (χ2n) is 4.12. The molecular weight excluding hydrogens is 265 g/mol. The predicted octanol–water partition coefficient (Wildman–Crippen LogP) is 1.02. The lowest BCUT2D eigenvalue weighted by Crippen LogP contribution is -2.31. The summed E-state index contributed by atoms with van der Waals surface area (Å²) >= 11 is 0. The number of nitrogens with zero attached hydrogens (tertiary/aromatic N) is 2. The van der Waals surface area contributed by atoms with Crippen LogP contribution in [0, 0.1) is 5.82 Å². The Balaban J connectivity index is 2.95. The zero-order chi connectivity index (χ0) is 15.0. The first kappa shape index (κ1) is 16.2. The molecule has 7 heteroatoms. The molecule has 0 aromatic heterocycles. The molecule has 0 heterocycles. The second-order valence-corrected chi connectivity index (χ2v) is 4.12. The minimum atomic E-state index is -0.443. The molecule has 1 aromatic carbocycles. The van der Waals surface area contributed by atoms with Crippen LogP contribution in [0.1, 0.15) is 5.56 Å². The largest absolute Gasteiger partial charge is 0.409 e. The van der Waals surface area contributed by atoms with Crippen molar-refractivity contribution in [2.75, 3.05) is 45.4 Å². The highest BCUT2D eigenvalue weighted by atomic mass is 19.1. The summed E-state index contributed by atoms with van der Waals surface area (Å²) in [5.41, 5.74) is 6.18. The SMILES string of the molecule is COCCN(CCOC)c1ccc(C(N)=NO)cc1F. The van der Waals surface area contributed by atoms with E-state index in [1.54, 1.807) is 26.4 Å². The highest BCUT2D eigenvalue weighted by Gasteiger charge is 2.13. The van der Waals surface area contributed by atoms with Gasteiger partial charge in [0.15, 0.2) is 5.84 Å². The maximum atomic E-state index is 14.1. The topological polar surface area (TPSA) is 80.3 Å². The van der Waals surface area contributed by atoms with Crippen molar-refractivity contribution in [1.82, 2.24) is 0 Å². The van der Waals surface area contributed by atoms with Gasteiger partial charge in [-0.25, -0.2) is 4.39 Å². The standard InChI is InChI=1S/C13H20FN3O3/c1-19-7-5-17(6-8-20-2)12-4-3-10(9-11(12)14)13(15)16-18/h3-4,9,18H,5-8H2,1-2H3,(H2,15,16). The molecule has 0 saturated heterocycles. The molecular formula is C13H20FN3O3. The predicted molar refractivity (Wildman–Crippen MR) is 74.9 cm³/mol. The van der Waals surface area contributed by atoms with Crippen molar-refractivity contribution in [3.05, 3.63) is 29.6 Å². The fourth-order valence-electron chi connectivity index (χ4n) is 1.74. The summed E-state index contributed by atoms with van der Waals surface area (Å²) in [4.78, 5) is 1.82. The number of rotatable bonds is 8. The van der Waals surface area contributed by atoms with Crippen LogP contribution in [0.2, 0.25) is 0 Å². The maximum absolute atomic E-state index is 14.1. The Bertz CT molecular complexity index is 446. The van der Waals surface area contributed by atoms with Gasteiger partial charge >= 0.3 is 0 Å². The first-order valence-electron chi connectivity index (χ1n) is 6.14. The molecule has 0 aliphatic carbocycles. The summed E-state index contributed by atoms with van der Waals surface area (Å²) in [5, 5.41) is 11.4. The number of methoxy groups -OCH3 is 2. The van der Waals surface area contributed by atoms with Gasteiger partial charge in [0, 0.05) is 32.9 Å². The number of halogens is 1. The van der Waals surface area contributed by atoms with E-state index in [9.17, 15) is 4.39 Å². The molecule has 0 aliphatic heterocycles. The zero-order valence-corrected chi connectivity index (χ0v) is 11.7. The van der Waals surface area contributed by atoms with E-state index in [-0.39, 0.29) is 5.84 Å². The van der Waals surface area contributed by atoms with Crippen LogP contribution in [0.4, 0.5) is 10.1 Å². The molecule has 0 fully saturated rings. The van der Waals surface area contributed by atoms with Crippen molar-refractivity contribution in [3.8, 4) is 0 Å². The number of hydrogen-bond acceptors (Lipinski definition) is 5. The molecule has 0 bridgehead atoms. The lowest BCUT2D eigenvalue weighted by Gasteiger charge is -2.24. The second kappa shape index (κ2) is 8.34. The summed E-state index contributed by atoms with van der Waals surface area (Å²) < 4.78 is 24.2. The fourth-order valence-corrected chi connectivity index (χ4v) is 1.74. The minimum absolute atomic E-state index is 0.129. The number of amidine groups is 1. The molecule has 0 atom stereocenters. The lowest BCUT2D eigenvalue weighted by molar-refractivity contribution is 0.190. The van der Waals surface area contributed by atoms with Gasteiger partial charge in [-0.1, -0.05) is 5.16 Å². The molecule has 0 unspecified atom stereocenters. The van der Waals surface area contributed by atoms with Gasteiger partial charge in [0.2, 0.25) is 0 Å². The quantitative estimate of drug-likeness (QED) is 0.322. The molecule has 3 N–H and O–H groups in total. The minimum Gasteiger partial charge on any atom is -0.409 e. The number of oxime groups is 1. The van der Waals surface area contributed by atoms with Gasteiger partial charge < -0.3 is 25.3 Å². The van der Waals surface area contributed by atoms with Crippen LogP contribution < -0.4 is 10.6 Å². The van der Waals surface area contributed by atoms with Gasteiger partial charge in [0.1, 0.15) is 5.82 Å². The zero-order valence-electron chi connectivity index (χ0n) is 11.7. The Hall–Kier alpha value is -1.86. The number of anilines is 1. The third-order valence-corrected chi connectivity index (χ3v) is 2.82. The smallest absolute Gasteiger partial charge is 0.170 e. The van der Waals surface area contributed by atoms with Crippen molar-refractivity contribution in [2.45, 2.75) is 0 Å². The fraction of sp³-hybridized carbons (Fsp3) is 0.462. The normalized spacial score (nSPS) is 11.7. The Morgan fingerprint density at radius 3 is 2.35 bits per heavy atom. The van der Waals surface area contributed by atoms with Crippen molar-refractivity contribution in [3.63, 3.8) is 0 Å². The summed E-state index contributed by atoms with van der Waals surface area (Å²) in [6.07, 6.45) is 0. The van der Waals surface area contributed by atoms with E-state index in [0.29, 0.717) is 37.6 Å². The third-order valence-electron chi connectivity index (χ3n) is 2.82. The van der Waals surface area contributed by atoms with E-state index in [0.717, 1.165) is 0 Å². The van der Waals surface area contributed by atoms with Gasteiger partial charge in [-0.2, -0.15) is 0 Å². The molecule has 0 amide bonds. The molecule has 1 rings (SSSR count). The Morgan fingerprint density at radius 2 is 1.90 bits per heavy atom. The van der Waals surface area contributed by atoms with Gasteiger partial charge in [0.25, 0.3) is 0 Å². The van der Waals surface area contributed by atoms with Crippen molar-refractivity contribution in [2.24, 2.45) is 10.9 Å². The molecule has 0 aliphatic rings. The summed E-state index contributed by atoms with van der Waals surface area (Å²) in [5.74, 6) is -0.572. The third kappa shape index (κ3) is 4.36. The molecule has 6 nitrogen and oxygen atoms in total. The van der Waals surface area contributed by atoms with Crippen molar-refractivity contribution < 1.29 is 19.1 Å². The number of ether oxygens (including phenoxy) is 2. The number of hydrogen-bond donors (Lipinski definition) is 2. The molecule has 0 radical (unpaired) electrons. The van der Waals surface area contributed by atoms with Crippen LogP contribution in [0.5, 0.6) is 0 Å². The van der Waals surface area contributed by atoms with E-state index >= 15 is 0 Å². The Kier molecular flexibility index (Phi) is 6.75. The first-order valence-corrected chi connectivity index (χ1v) is 6.14. The summed E-state index contributed by atoms with van der Waals surface area (Å²) in [7, 11) is 3.18. The molecule has 1 aromatic rings. The summed E-state index contributed by atoms with van der Waals surface area (Å²) in [6, 6.07) is 4.42. The molecule has 0 spiro atoms. The Morgan fingerprint density at radius 1 is 1.30 bits per heavy atom. The summed E-state index contributed by atoms with van der Waals surface area (Å²) in [6.45, 7) is 2.04. The van der Waals surface area contributed by atoms with Crippen LogP contribution in [0.15, 0.2) is 23.4 Å². The van der Waals surface area contributed by atoms with E-state index < -0.39 is 5.82 Å². The average Bonchev–Trinajstić information content (AvgIpc) is 2.47. The van der Waals surface area contributed by atoms with Crippen LogP contribution in [0.25, 0.3) is 0 Å². The van der Waals surface area contributed by atoms with E-state index in [1.807, 2.05) is 4.90 Å². The van der Waals surface area contributed by atoms with Gasteiger partial charge in [-0.15, -0.1) is 0 Å². The van der Waals surface area contributed by atoms with Crippen LogP contribution in [0.3, 0.4) is 0 Å². The van der Waals surface area contributed by atoms with Crippen LogP contribution in [-0.2, 0) is 9.47 Å². The highest BCUT2D eigenvalue weighted by molar-refractivity contribution is 5.97. The highest BCUT2D eigenvalue weighted by Crippen LogP contribution is 2.20. The maximum Gasteiger partial charge on any atom is 0.170 e. The lowest BCUT2D eigenvalue weighted by atomic mass is 10.1. The molecule has 0 saturated carbocycles. The van der Waals surface area contributed by atoms with Gasteiger partial charge in [-0.3, -0.25) is 0 Å². The van der Waals surface area contributed by atoms with E-state index in [4.69, 9.17) is 20.4 Å². The van der Waals surface area contributed by atoms with Crippen molar-refractivity contribution in [1.29, 1.82) is 0 Å². The Labute approximate surface area is 117 Å². The van der Waals surface area contributed by atoms with E-state index in [1.165, 1.54) is 6.07 Å². The van der Waals surface area contributed by atoms with Crippen LogP contribution >= 0.6 is 0 Å².